The monoisotopic (exact) mass is 921 g/mol. The molecule has 1 amide bonds. The molecule has 33 heavy (non-hydrogen) atoms. The first-order chi connectivity index (χ1) is 15.3. The summed E-state index contributed by atoms with van der Waals surface area (Å²) < 4.78 is 14.2. The van der Waals surface area contributed by atoms with E-state index in [9.17, 15) is 19.8 Å². The van der Waals surface area contributed by atoms with Gasteiger partial charge in [-0.3, -0.25) is 0 Å². The summed E-state index contributed by atoms with van der Waals surface area (Å²) in [6.07, 6.45) is -0.610. The van der Waals surface area contributed by atoms with Crippen molar-refractivity contribution in [2.45, 2.75) is 38.1 Å². The number of phenolic OH excluding ortho intramolecular Hbond substituents is 1. The Morgan fingerprint density at radius 2 is 1.55 bits per heavy atom. The molecule has 2 aromatic rings. The number of hydrogen-bond donors (Lipinski definition) is 3. The number of alkyl carbamates (subject to hydrolysis) is 1. The van der Waals surface area contributed by atoms with Crippen molar-refractivity contribution in [3.63, 3.8) is 0 Å². The van der Waals surface area contributed by atoms with E-state index >= 15 is 0 Å². The van der Waals surface area contributed by atoms with Gasteiger partial charge in [-0.15, -0.1) is 0 Å². The Morgan fingerprint density at radius 1 is 1.00 bits per heavy atom. The van der Waals surface area contributed by atoms with Crippen LogP contribution in [0.3, 0.4) is 0 Å². The van der Waals surface area contributed by atoms with Crippen molar-refractivity contribution in [3.05, 3.63) is 44.1 Å². The zero-order valence-corrected chi connectivity index (χ0v) is 27.7. The summed E-state index contributed by atoms with van der Waals surface area (Å²) in [7, 11) is -1.35. The van der Waals surface area contributed by atoms with Gasteiger partial charge in [0.25, 0.3) is 0 Å². The summed E-state index contributed by atoms with van der Waals surface area (Å²) >= 11 is 8.37. The van der Waals surface area contributed by atoms with Crippen molar-refractivity contribution >= 4 is 110 Å². The SMILES string of the molecule is C[Si](C)(C)CCOC(=O)NC(Cc1cc(I)c(Oc2cc(I)c(O)c(I)c2)c(I)c1)C(=O)O. The van der Waals surface area contributed by atoms with E-state index in [0.717, 1.165) is 18.7 Å². The number of amides is 1. The van der Waals surface area contributed by atoms with Crippen molar-refractivity contribution in [1.82, 2.24) is 5.32 Å². The van der Waals surface area contributed by atoms with Gasteiger partial charge >= 0.3 is 12.1 Å². The van der Waals surface area contributed by atoms with Crippen LogP contribution in [0.5, 0.6) is 17.2 Å². The Labute approximate surface area is 248 Å². The quantitative estimate of drug-likeness (QED) is 0.192. The van der Waals surface area contributed by atoms with E-state index in [1.54, 1.807) is 12.1 Å². The number of aromatic hydroxyl groups is 1. The van der Waals surface area contributed by atoms with Crippen LogP contribution in [-0.4, -0.2) is 43.0 Å². The Morgan fingerprint density at radius 3 is 2.03 bits per heavy atom. The van der Waals surface area contributed by atoms with Crippen LogP contribution in [0.25, 0.3) is 0 Å². The van der Waals surface area contributed by atoms with Crippen molar-refractivity contribution < 1.29 is 29.3 Å². The Bertz CT molecular complexity index is 998. The van der Waals surface area contributed by atoms with Crippen LogP contribution in [0.4, 0.5) is 4.79 Å². The van der Waals surface area contributed by atoms with Gasteiger partial charge in [-0.25, -0.2) is 9.59 Å². The summed E-state index contributed by atoms with van der Waals surface area (Å²) in [6.45, 7) is 6.81. The second-order valence-electron chi connectivity index (χ2n) is 8.41. The summed E-state index contributed by atoms with van der Waals surface area (Å²) in [5.41, 5.74) is 0.751. The smallest absolute Gasteiger partial charge is 0.407 e. The van der Waals surface area contributed by atoms with Crippen LogP contribution < -0.4 is 10.1 Å². The zero-order chi connectivity index (χ0) is 24.9. The molecule has 1 atom stereocenters. The average molecular weight is 921 g/mol. The summed E-state index contributed by atoms with van der Waals surface area (Å²) in [6, 6.07) is 6.87. The number of nitrogens with one attached hydrogen (secondary N) is 1. The fourth-order valence-electron chi connectivity index (χ4n) is 2.62. The molecule has 0 aromatic heterocycles. The lowest BCUT2D eigenvalue weighted by Gasteiger charge is -2.18. The molecule has 0 saturated heterocycles. The van der Waals surface area contributed by atoms with E-state index in [4.69, 9.17) is 9.47 Å². The first-order valence-electron chi connectivity index (χ1n) is 9.76. The Balaban J connectivity index is 2.12. The van der Waals surface area contributed by atoms with E-state index in [1.165, 1.54) is 0 Å². The fourth-order valence-corrected chi connectivity index (χ4v) is 7.16. The molecular weight excluding hydrogens is 898 g/mol. The van der Waals surface area contributed by atoms with E-state index in [-0.39, 0.29) is 18.8 Å². The zero-order valence-electron chi connectivity index (χ0n) is 18.0. The molecule has 0 bridgehead atoms. The average Bonchev–Trinajstić information content (AvgIpc) is 2.67. The van der Waals surface area contributed by atoms with Gasteiger partial charge < -0.3 is 25.0 Å². The molecule has 12 heteroatoms. The third-order valence-corrected chi connectivity index (χ3v) is 9.33. The van der Waals surface area contributed by atoms with Crippen LogP contribution in [0.15, 0.2) is 24.3 Å². The van der Waals surface area contributed by atoms with Crippen LogP contribution >= 0.6 is 90.4 Å². The molecule has 0 radical (unpaired) electrons. The Hall–Kier alpha value is -0.0831. The predicted molar refractivity (Wildman–Crippen MR) is 163 cm³/mol. The molecule has 3 N–H and O–H groups in total. The molecule has 0 aliphatic heterocycles. The number of carboxylic acids is 1. The summed E-state index contributed by atoms with van der Waals surface area (Å²) in [4.78, 5) is 23.8. The highest BCUT2D eigenvalue weighted by molar-refractivity contribution is 14.1. The number of rotatable bonds is 9. The van der Waals surface area contributed by atoms with E-state index in [2.05, 4.69) is 70.1 Å². The first kappa shape index (κ1) is 29.1. The van der Waals surface area contributed by atoms with E-state index in [1.807, 2.05) is 57.3 Å². The highest BCUT2D eigenvalue weighted by Crippen LogP contribution is 2.37. The molecule has 7 nitrogen and oxygen atoms in total. The molecule has 0 spiro atoms. The molecule has 0 saturated carbocycles. The minimum atomic E-state index is -1.35. The van der Waals surface area contributed by atoms with Gasteiger partial charge in [0, 0.05) is 14.5 Å². The topological polar surface area (TPSA) is 105 Å². The van der Waals surface area contributed by atoms with Crippen molar-refractivity contribution in [1.29, 1.82) is 0 Å². The van der Waals surface area contributed by atoms with Crippen LogP contribution in [0.1, 0.15) is 5.56 Å². The van der Waals surface area contributed by atoms with E-state index in [0.29, 0.717) is 18.6 Å². The number of benzene rings is 2. The minimum Gasteiger partial charge on any atom is -0.506 e. The number of hydrogen-bond acceptors (Lipinski definition) is 5. The van der Waals surface area contributed by atoms with E-state index < -0.39 is 26.2 Å². The number of carbonyl (C=O) groups is 2. The molecule has 1 unspecified atom stereocenters. The first-order valence-corrected chi connectivity index (χ1v) is 17.8. The lowest BCUT2D eigenvalue weighted by atomic mass is 10.1. The summed E-state index contributed by atoms with van der Waals surface area (Å²) in [5.74, 6) is 0.324. The molecule has 2 rings (SSSR count). The third kappa shape index (κ3) is 9.47. The maximum atomic E-state index is 12.1. The van der Waals surface area contributed by atoms with Gasteiger partial charge in [0.1, 0.15) is 17.5 Å². The minimum absolute atomic E-state index is 0.111. The fraction of sp³-hybridized carbons (Fsp3) is 0.333. The van der Waals surface area contributed by atoms with Gasteiger partial charge in [-0.1, -0.05) is 19.6 Å². The molecular formula is C21H23I4NO6Si. The molecule has 180 valence electrons. The van der Waals surface area contributed by atoms with Crippen molar-refractivity contribution in [3.8, 4) is 17.2 Å². The Kier molecular flexibility index (Phi) is 11.3. The van der Waals surface area contributed by atoms with Gasteiger partial charge in [-0.05, 0) is 126 Å². The van der Waals surface area contributed by atoms with Gasteiger partial charge in [0.2, 0.25) is 0 Å². The lowest BCUT2D eigenvalue weighted by molar-refractivity contribution is -0.139. The second-order valence-corrected chi connectivity index (χ2v) is 18.7. The highest BCUT2D eigenvalue weighted by atomic mass is 127. The molecule has 0 aliphatic rings. The maximum Gasteiger partial charge on any atom is 0.407 e. The predicted octanol–water partition coefficient (Wildman–Crippen LogP) is 6.66. The van der Waals surface area contributed by atoms with Crippen LogP contribution in [-0.2, 0) is 16.0 Å². The van der Waals surface area contributed by atoms with Gasteiger partial charge in [0.15, 0.2) is 5.75 Å². The molecule has 0 aliphatic carbocycles. The van der Waals surface area contributed by atoms with Gasteiger partial charge in [0.05, 0.1) is 20.9 Å². The molecule has 0 heterocycles. The van der Waals surface area contributed by atoms with Crippen molar-refractivity contribution in [2.24, 2.45) is 0 Å². The molecule has 2 aromatic carbocycles. The lowest BCUT2D eigenvalue weighted by Crippen LogP contribution is -2.43. The number of aliphatic carboxylic acids is 1. The van der Waals surface area contributed by atoms with Crippen LogP contribution in [0.2, 0.25) is 25.7 Å². The van der Waals surface area contributed by atoms with Gasteiger partial charge in [-0.2, -0.15) is 0 Å². The largest absolute Gasteiger partial charge is 0.506 e. The number of phenols is 1. The number of ether oxygens (including phenoxy) is 2. The maximum absolute atomic E-state index is 12.1. The highest BCUT2D eigenvalue weighted by Gasteiger charge is 2.23. The van der Waals surface area contributed by atoms with Crippen molar-refractivity contribution in [2.75, 3.05) is 6.61 Å². The normalized spacial score (nSPS) is 12.2. The third-order valence-electron chi connectivity index (χ3n) is 4.38. The number of carboxylic acid groups (broad SMARTS) is 1. The second kappa shape index (κ2) is 12.7. The summed E-state index contributed by atoms with van der Waals surface area (Å²) in [5, 5.41) is 22.0. The number of halogens is 4. The standard InChI is InChI=1S/C21H23I4NO6Si/c1-33(2,3)5-4-31-21(30)26-17(20(28)29)8-11-6-15(24)19(16(25)7-11)32-12-9-13(22)18(27)14(23)10-12/h6-7,9-10,17,27H,4-5,8H2,1-3H3,(H,26,30)(H,28,29). The molecule has 0 fully saturated rings. The van der Waals surface area contributed by atoms with Crippen LogP contribution in [0, 0.1) is 14.3 Å². The number of carbonyl (C=O) groups excluding carboxylic acids is 1.